The van der Waals surface area contributed by atoms with E-state index in [-0.39, 0.29) is 0 Å². The zero-order chi connectivity index (χ0) is 17.9. The maximum Gasteiger partial charge on any atom is 0.205 e. The van der Waals surface area contributed by atoms with Crippen LogP contribution in [0.2, 0.25) is 0 Å². The molecule has 4 aromatic rings. The molecule has 0 saturated carbocycles. The van der Waals surface area contributed by atoms with Gasteiger partial charge in [-0.05, 0) is 30.8 Å². The van der Waals surface area contributed by atoms with Gasteiger partial charge >= 0.3 is 0 Å². The van der Waals surface area contributed by atoms with Gasteiger partial charge in [0.25, 0.3) is 0 Å². The molecule has 2 aromatic carbocycles. The first-order valence-electron chi connectivity index (χ1n) is 8.00. The Hall–Kier alpha value is -2.22. The summed E-state index contributed by atoms with van der Waals surface area (Å²) >= 11 is 8.56. The highest BCUT2D eigenvalue weighted by Crippen LogP contribution is 2.29. The lowest BCUT2D eigenvalue weighted by molar-refractivity contribution is 0.530. The van der Waals surface area contributed by atoms with Crippen molar-refractivity contribution in [2.45, 2.75) is 17.0 Å². The Bertz CT molecular complexity index is 1080. The summed E-state index contributed by atoms with van der Waals surface area (Å²) in [7, 11) is 0. The van der Waals surface area contributed by atoms with Gasteiger partial charge in [-0.15, -0.1) is 5.10 Å². The zero-order valence-electron chi connectivity index (χ0n) is 14.0. The Morgan fingerprint density at radius 1 is 1.12 bits per heavy atom. The van der Waals surface area contributed by atoms with Gasteiger partial charge in [0.05, 0.1) is 17.6 Å². The van der Waals surface area contributed by atoms with Gasteiger partial charge in [0.2, 0.25) is 5.89 Å². The van der Waals surface area contributed by atoms with Gasteiger partial charge in [0.15, 0.2) is 14.1 Å². The van der Waals surface area contributed by atoms with Crippen molar-refractivity contribution in [3.63, 3.8) is 0 Å². The quantitative estimate of drug-likeness (QED) is 0.309. The first kappa shape index (κ1) is 17.2. The summed E-state index contributed by atoms with van der Waals surface area (Å²) in [6.07, 6.45) is 1.76. The molecule has 2 heterocycles. The molecule has 4 nitrogen and oxygen atoms in total. The standard InChI is InChI=1S/C19H15N3OS3/c1-13-7-5-6-10-15(13)22-19(24)26-18(21-22)25-12-17-20-11-16(23-17)14-8-3-2-4-9-14/h2-11H,12H2,1H3. The lowest BCUT2D eigenvalue weighted by Crippen LogP contribution is -1.98. The zero-order valence-corrected chi connectivity index (χ0v) is 16.4. The summed E-state index contributed by atoms with van der Waals surface area (Å²) in [5.74, 6) is 2.07. The third-order valence-corrected chi connectivity index (χ3v) is 6.15. The van der Waals surface area contributed by atoms with Crippen molar-refractivity contribution in [3.05, 3.63) is 76.2 Å². The molecule has 130 valence electrons. The average molecular weight is 398 g/mol. The van der Waals surface area contributed by atoms with E-state index in [4.69, 9.17) is 16.6 Å². The van der Waals surface area contributed by atoms with E-state index in [1.54, 1.807) is 18.0 Å². The minimum Gasteiger partial charge on any atom is -0.440 e. The number of para-hydroxylation sites is 1. The third-order valence-electron chi connectivity index (χ3n) is 3.80. The molecule has 0 spiro atoms. The van der Waals surface area contributed by atoms with Crippen LogP contribution < -0.4 is 0 Å². The Morgan fingerprint density at radius 3 is 2.69 bits per heavy atom. The molecule has 0 saturated heterocycles. The van der Waals surface area contributed by atoms with E-state index in [9.17, 15) is 0 Å². The van der Waals surface area contributed by atoms with Crippen molar-refractivity contribution >= 4 is 35.3 Å². The predicted molar refractivity (Wildman–Crippen MR) is 109 cm³/mol. The molecule has 26 heavy (non-hydrogen) atoms. The molecule has 0 aliphatic rings. The van der Waals surface area contributed by atoms with E-state index in [0.717, 1.165) is 30.9 Å². The van der Waals surface area contributed by atoms with Crippen molar-refractivity contribution in [1.29, 1.82) is 0 Å². The lowest BCUT2D eigenvalue weighted by Gasteiger charge is -2.03. The number of aryl methyl sites for hydroxylation is 1. The van der Waals surface area contributed by atoms with Gasteiger partial charge in [-0.25, -0.2) is 9.67 Å². The van der Waals surface area contributed by atoms with Crippen molar-refractivity contribution in [2.75, 3.05) is 0 Å². The molecule has 0 bridgehead atoms. The normalized spacial score (nSPS) is 11.0. The fourth-order valence-corrected chi connectivity index (χ4v) is 4.71. The summed E-state index contributed by atoms with van der Waals surface area (Å²) in [6, 6.07) is 18.1. The molecule has 0 N–H and O–H groups in total. The SMILES string of the molecule is Cc1ccccc1-n1nc(SCc2ncc(-c3ccccc3)o2)sc1=S. The topological polar surface area (TPSA) is 43.9 Å². The van der Waals surface area contributed by atoms with E-state index >= 15 is 0 Å². The second-order valence-corrected chi connectivity index (χ2v) is 8.45. The Balaban J connectivity index is 1.50. The number of oxazole rings is 1. The Morgan fingerprint density at radius 2 is 1.88 bits per heavy atom. The summed E-state index contributed by atoms with van der Waals surface area (Å²) in [6.45, 7) is 2.06. The van der Waals surface area contributed by atoms with Crippen LogP contribution in [0.5, 0.6) is 0 Å². The Labute approximate surface area is 164 Å². The maximum absolute atomic E-state index is 5.84. The van der Waals surface area contributed by atoms with E-state index in [1.807, 2.05) is 53.2 Å². The summed E-state index contributed by atoms with van der Waals surface area (Å²) in [4.78, 5) is 4.37. The highest BCUT2D eigenvalue weighted by molar-refractivity contribution is 8.00. The smallest absolute Gasteiger partial charge is 0.205 e. The summed E-state index contributed by atoms with van der Waals surface area (Å²) in [5, 5.41) is 4.65. The van der Waals surface area contributed by atoms with E-state index in [0.29, 0.717) is 11.6 Å². The number of rotatable bonds is 5. The molecule has 0 aliphatic heterocycles. The monoisotopic (exact) mass is 397 g/mol. The van der Waals surface area contributed by atoms with E-state index in [1.165, 1.54) is 11.3 Å². The highest BCUT2D eigenvalue weighted by Gasteiger charge is 2.11. The van der Waals surface area contributed by atoms with Gasteiger partial charge in [-0.3, -0.25) is 0 Å². The van der Waals surface area contributed by atoms with E-state index < -0.39 is 0 Å². The highest BCUT2D eigenvalue weighted by atomic mass is 32.2. The molecule has 0 fully saturated rings. The largest absolute Gasteiger partial charge is 0.440 e. The maximum atomic E-state index is 5.84. The number of thioether (sulfide) groups is 1. The van der Waals surface area contributed by atoms with Gasteiger partial charge in [0.1, 0.15) is 0 Å². The number of hydrogen-bond donors (Lipinski definition) is 0. The fraction of sp³-hybridized carbons (Fsp3) is 0.105. The van der Waals surface area contributed by atoms with Gasteiger partial charge in [0, 0.05) is 5.56 Å². The van der Waals surface area contributed by atoms with Crippen LogP contribution in [0.25, 0.3) is 17.0 Å². The number of aromatic nitrogens is 3. The first-order chi connectivity index (χ1) is 12.7. The van der Waals surface area contributed by atoms with Crippen LogP contribution in [0.3, 0.4) is 0 Å². The molecule has 7 heteroatoms. The van der Waals surface area contributed by atoms with Crippen molar-refractivity contribution in [2.24, 2.45) is 0 Å². The average Bonchev–Trinajstić information content (AvgIpc) is 3.28. The van der Waals surface area contributed by atoms with Crippen LogP contribution in [0.15, 0.2) is 69.6 Å². The van der Waals surface area contributed by atoms with E-state index in [2.05, 4.69) is 23.1 Å². The number of benzene rings is 2. The molecule has 0 amide bonds. The van der Waals surface area contributed by atoms with Gasteiger partial charge in [-0.1, -0.05) is 71.6 Å². The minimum absolute atomic E-state index is 0.614. The van der Waals surface area contributed by atoms with Gasteiger partial charge < -0.3 is 4.42 Å². The Kier molecular flexibility index (Phi) is 5.01. The summed E-state index contributed by atoms with van der Waals surface area (Å²) in [5.41, 5.74) is 3.18. The third kappa shape index (κ3) is 3.65. The van der Waals surface area contributed by atoms with Crippen LogP contribution in [-0.2, 0) is 5.75 Å². The van der Waals surface area contributed by atoms with Crippen LogP contribution in [0, 0.1) is 10.9 Å². The fourth-order valence-electron chi connectivity index (χ4n) is 2.51. The summed E-state index contributed by atoms with van der Waals surface area (Å²) < 4.78 is 9.30. The van der Waals surface area contributed by atoms with Crippen LogP contribution in [0.4, 0.5) is 0 Å². The predicted octanol–water partition coefficient (Wildman–Crippen LogP) is 5.92. The second-order valence-electron chi connectivity index (χ2n) is 5.61. The second kappa shape index (κ2) is 7.57. The molecule has 0 radical (unpaired) electrons. The number of nitrogens with zero attached hydrogens (tertiary/aromatic N) is 3. The minimum atomic E-state index is 0.614. The molecule has 2 aromatic heterocycles. The first-order valence-corrected chi connectivity index (χ1v) is 10.2. The van der Waals surface area contributed by atoms with Gasteiger partial charge in [-0.2, -0.15) is 0 Å². The molecule has 0 aliphatic carbocycles. The van der Waals surface area contributed by atoms with Crippen molar-refractivity contribution < 1.29 is 4.42 Å². The van der Waals surface area contributed by atoms with Crippen LogP contribution in [0.1, 0.15) is 11.5 Å². The van der Waals surface area contributed by atoms with Crippen molar-refractivity contribution in [1.82, 2.24) is 14.8 Å². The van der Waals surface area contributed by atoms with Crippen LogP contribution >= 0.6 is 35.3 Å². The number of hydrogen-bond acceptors (Lipinski definition) is 6. The molecule has 0 atom stereocenters. The van der Waals surface area contributed by atoms with Crippen molar-refractivity contribution in [3.8, 4) is 17.0 Å². The molecular weight excluding hydrogens is 382 g/mol. The van der Waals surface area contributed by atoms with Crippen LogP contribution in [-0.4, -0.2) is 14.8 Å². The molecule has 0 unspecified atom stereocenters. The lowest BCUT2D eigenvalue weighted by atomic mass is 10.2. The molecular formula is C19H15N3OS3. The molecule has 4 rings (SSSR count).